The number of aromatic nitrogens is 1. The molecular weight excluding hydrogens is 424 g/mol. The van der Waals surface area contributed by atoms with Gasteiger partial charge >= 0.3 is 0 Å². The zero-order valence-electron chi connectivity index (χ0n) is 19.1. The van der Waals surface area contributed by atoms with E-state index >= 15 is 0 Å². The molecule has 3 aromatic rings. The molecule has 168 valence electrons. The lowest BCUT2D eigenvalue weighted by atomic mass is 9.70. The van der Waals surface area contributed by atoms with Crippen molar-refractivity contribution in [1.29, 1.82) is 10.5 Å². The number of nitriles is 2. The number of para-hydroxylation sites is 1. The molecule has 0 saturated carbocycles. The molecule has 2 aromatic carbocycles. The number of carbonyl (C=O) groups is 1. The van der Waals surface area contributed by atoms with Gasteiger partial charge in [-0.25, -0.2) is 0 Å². The van der Waals surface area contributed by atoms with Crippen molar-refractivity contribution in [2.45, 2.75) is 39.2 Å². The molecule has 6 nitrogen and oxygen atoms in total. The fraction of sp³-hybridized carbons (Fsp3) is 0.250. The summed E-state index contributed by atoms with van der Waals surface area (Å²) in [7, 11) is 0. The zero-order valence-corrected chi connectivity index (χ0v) is 19.1. The summed E-state index contributed by atoms with van der Waals surface area (Å²) in [6.45, 7) is 4.66. The first kappa shape index (κ1) is 21.6. The van der Waals surface area contributed by atoms with E-state index in [1.54, 1.807) is 12.1 Å². The van der Waals surface area contributed by atoms with E-state index in [1.165, 1.54) is 0 Å². The number of fused-ring (bicyclic) bond motifs is 1. The van der Waals surface area contributed by atoms with Gasteiger partial charge in [0, 0.05) is 42.1 Å². The highest BCUT2D eigenvalue weighted by molar-refractivity contribution is 6.01. The molecule has 1 aromatic heterocycles. The molecule has 0 radical (unpaired) electrons. The van der Waals surface area contributed by atoms with Crippen LogP contribution in [-0.4, -0.2) is 10.4 Å². The average Bonchev–Trinajstić information content (AvgIpc) is 3.16. The Labute approximate surface area is 198 Å². The van der Waals surface area contributed by atoms with Gasteiger partial charge in [-0.3, -0.25) is 4.79 Å². The number of ether oxygens (including phenoxy) is 1. The fourth-order valence-electron chi connectivity index (χ4n) is 5.11. The van der Waals surface area contributed by atoms with E-state index in [-0.39, 0.29) is 22.7 Å². The molecule has 1 atom stereocenters. The van der Waals surface area contributed by atoms with E-state index in [9.17, 15) is 10.1 Å². The Hall–Kier alpha value is -4.29. The van der Waals surface area contributed by atoms with Crippen LogP contribution in [0.4, 0.5) is 0 Å². The van der Waals surface area contributed by atoms with Crippen LogP contribution >= 0.6 is 0 Å². The summed E-state index contributed by atoms with van der Waals surface area (Å²) in [5, 5.41) is 20.1. The van der Waals surface area contributed by atoms with Crippen LogP contribution in [0.5, 0.6) is 0 Å². The number of hydrogen-bond donors (Lipinski definition) is 1. The summed E-state index contributed by atoms with van der Waals surface area (Å²) in [5.74, 6) is 0.0808. The van der Waals surface area contributed by atoms with Crippen LogP contribution in [-0.2, 0) is 16.1 Å². The highest BCUT2D eigenvalue weighted by Crippen LogP contribution is 2.49. The third-order valence-corrected chi connectivity index (χ3v) is 6.64. The van der Waals surface area contributed by atoms with Gasteiger partial charge in [0.05, 0.1) is 17.6 Å². The molecular formula is C28H24N4O2. The molecule has 2 heterocycles. The molecule has 0 amide bonds. The normalized spacial score (nSPS) is 19.4. The lowest BCUT2D eigenvalue weighted by Gasteiger charge is -2.37. The highest BCUT2D eigenvalue weighted by Gasteiger charge is 2.43. The van der Waals surface area contributed by atoms with Crippen LogP contribution in [0.1, 0.15) is 49.3 Å². The van der Waals surface area contributed by atoms with Crippen molar-refractivity contribution in [2.75, 3.05) is 0 Å². The van der Waals surface area contributed by atoms with Gasteiger partial charge < -0.3 is 15.0 Å². The molecule has 1 unspecified atom stereocenters. The number of nitrogens with two attached hydrogens (primary N) is 1. The third-order valence-electron chi connectivity index (χ3n) is 6.64. The first-order valence-electron chi connectivity index (χ1n) is 11.2. The first-order valence-corrected chi connectivity index (χ1v) is 11.2. The minimum Gasteiger partial charge on any atom is -0.444 e. The highest BCUT2D eigenvalue weighted by atomic mass is 16.5. The maximum absolute atomic E-state index is 13.3. The Balaban J connectivity index is 1.67. The molecule has 2 N–H and O–H groups in total. The van der Waals surface area contributed by atoms with Crippen molar-refractivity contribution in [2.24, 2.45) is 11.1 Å². The number of hydrogen-bond acceptors (Lipinski definition) is 5. The molecule has 1 aliphatic carbocycles. The maximum Gasteiger partial charge on any atom is 0.205 e. The zero-order chi connectivity index (χ0) is 24.0. The first-order chi connectivity index (χ1) is 16.3. The molecule has 0 saturated heterocycles. The summed E-state index contributed by atoms with van der Waals surface area (Å²) >= 11 is 0. The average molecular weight is 449 g/mol. The van der Waals surface area contributed by atoms with Gasteiger partial charge in [-0.2, -0.15) is 10.5 Å². The second-order valence-corrected chi connectivity index (χ2v) is 9.74. The predicted octanol–water partition coefficient (Wildman–Crippen LogP) is 5.01. The number of allylic oxidation sites excluding steroid dienone is 3. The molecule has 1 aliphatic heterocycles. The lowest BCUT2D eigenvalue weighted by molar-refractivity contribution is -0.119. The molecule has 6 heteroatoms. The molecule has 2 aliphatic rings. The Morgan fingerprint density at radius 2 is 1.82 bits per heavy atom. The van der Waals surface area contributed by atoms with Gasteiger partial charge in [0.25, 0.3) is 0 Å². The molecule has 0 fully saturated rings. The summed E-state index contributed by atoms with van der Waals surface area (Å²) in [6, 6.07) is 19.8. The minimum atomic E-state index is -0.565. The number of nitrogens with zero attached hydrogens (tertiary/aromatic N) is 3. The molecule has 0 spiro atoms. The Kier molecular flexibility index (Phi) is 5.03. The van der Waals surface area contributed by atoms with Crippen molar-refractivity contribution in [1.82, 2.24) is 4.57 Å². The third kappa shape index (κ3) is 3.54. The van der Waals surface area contributed by atoms with Gasteiger partial charge in [0.1, 0.15) is 17.4 Å². The minimum absolute atomic E-state index is 0.000392. The van der Waals surface area contributed by atoms with Crippen LogP contribution < -0.4 is 5.73 Å². The van der Waals surface area contributed by atoms with Crippen molar-refractivity contribution < 1.29 is 9.53 Å². The quantitative estimate of drug-likeness (QED) is 0.606. The number of rotatable bonds is 3. The summed E-state index contributed by atoms with van der Waals surface area (Å²) in [4.78, 5) is 13.3. The van der Waals surface area contributed by atoms with Gasteiger partial charge in [-0.1, -0.05) is 44.2 Å². The van der Waals surface area contributed by atoms with E-state index < -0.39 is 5.92 Å². The Morgan fingerprint density at radius 3 is 2.53 bits per heavy atom. The van der Waals surface area contributed by atoms with Gasteiger partial charge in [0.2, 0.25) is 5.88 Å². The van der Waals surface area contributed by atoms with E-state index in [0.29, 0.717) is 36.3 Å². The van der Waals surface area contributed by atoms with Crippen molar-refractivity contribution in [3.63, 3.8) is 0 Å². The van der Waals surface area contributed by atoms with Crippen LogP contribution in [0.2, 0.25) is 0 Å². The van der Waals surface area contributed by atoms with Crippen LogP contribution in [0.3, 0.4) is 0 Å². The molecule has 34 heavy (non-hydrogen) atoms. The SMILES string of the molecule is CC1(C)CC(=O)C2=C(C1)OC(N)=C(C#N)C2c1cn(Cc2ccc(C#N)cc2)c2ccccc12. The van der Waals surface area contributed by atoms with Crippen molar-refractivity contribution in [3.8, 4) is 12.1 Å². The maximum atomic E-state index is 13.3. The largest absolute Gasteiger partial charge is 0.444 e. The van der Waals surface area contributed by atoms with E-state index in [2.05, 4.69) is 16.7 Å². The summed E-state index contributed by atoms with van der Waals surface area (Å²) in [5.41, 5.74) is 10.3. The number of Topliss-reactive ketones (excluding diaryl/α,β-unsaturated/α-hetero) is 1. The van der Waals surface area contributed by atoms with Gasteiger partial charge in [0.15, 0.2) is 5.78 Å². The van der Waals surface area contributed by atoms with Gasteiger partial charge in [-0.05, 0) is 34.7 Å². The van der Waals surface area contributed by atoms with Crippen molar-refractivity contribution >= 4 is 16.7 Å². The van der Waals surface area contributed by atoms with E-state index in [0.717, 1.165) is 22.0 Å². The monoisotopic (exact) mass is 448 g/mol. The smallest absolute Gasteiger partial charge is 0.205 e. The predicted molar refractivity (Wildman–Crippen MR) is 128 cm³/mol. The van der Waals surface area contributed by atoms with Crippen molar-refractivity contribution in [3.05, 3.63) is 94.2 Å². The van der Waals surface area contributed by atoms with E-state index in [1.807, 2.05) is 56.4 Å². The molecule has 5 rings (SSSR count). The second-order valence-electron chi connectivity index (χ2n) is 9.74. The second kappa shape index (κ2) is 7.93. The Bertz CT molecular complexity index is 1470. The van der Waals surface area contributed by atoms with Crippen LogP contribution in [0.15, 0.2) is 77.5 Å². The van der Waals surface area contributed by atoms with Crippen LogP contribution in [0, 0.1) is 28.1 Å². The number of benzene rings is 2. The molecule has 0 bridgehead atoms. The summed E-state index contributed by atoms with van der Waals surface area (Å²) < 4.78 is 7.96. The number of carbonyl (C=O) groups excluding carboxylic acids is 1. The lowest BCUT2D eigenvalue weighted by Crippen LogP contribution is -2.33. The summed E-state index contributed by atoms with van der Waals surface area (Å²) in [6.07, 6.45) is 3.00. The number of ketones is 1. The van der Waals surface area contributed by atoms with Crippen LogP contribution in [0.25, 0.3) is 10.9 Å². The topological polar surface area (TPSA) is 105 Å². The fourth-order valence-corrected chi connectivity index (χ4v) is 5.11. The Morgan fingerprint density at radius 1 is 1.09 bits per heavy atom. The van der Waals surface area contributed by atoms with E-state index in [4.69, 9.17) is 15.7 Å². The standard InChI is InChI=1S/C28H24N4O2/c1-28(2)11-23(33)26-24(12-28)34-27(31)20(14-30)25(26)21-16-32(22-6-4-3-5-19(21)22)15-18-9-7-17(13-29)8-10-18/h3-10,16,25H,11-12,15,31H2,1-2H3. The van der Waals surface area contributed by atoms with Gasteiger partial charge in [-0.15, -0.1) is 0 Å².